The largest absolute Gasteiger partial charge is 0.381 e. The minimum absolute atomic E-state index is 0.126. The number of hydrogen-bond acceptors (Lipinski definition) is 3. The Morgan fingerprint density at radius 2 is 2.00 bits per heavy atom. The van der Waals surface area contributed by atoms with Crippen LogP contribution in [0.2, 0.25) is 0 Å². The number of rotatable bonds is 6. The maximum Gasteiger partial charge on any atom is 0.191 e. The fraction of sp³-hybridized carbons (Fsp3) is 0.611. The Morgan fingerprint density at radius 1 is 1.26 bits per heavy atom. The lowest BCUT2D eigenvalue weighted by atomic mass is 9.72. The first-order valence-electron chi connectivity index (χ1n) is 8.29. The van der Waals surface area contributed by atoms with Crippen molar-refractivity contribution < 1.29 is 4.74 Å². The van der Waals surface area contributed by atoms with Crippen molar-refractivity contribution >= 4 is 17.7 Å². The van der Waals surface area contributed by atoms with Gasteiger partial charge in [0.05, 0.1) is 0 Å². The number of hydrogen-bond donors (Lipinski definition) is 2. The Balaban J connectivity index is 2.09. The molecule has 0 amide bonds. The standard InChI is InChI=1S/C18H29N3OS/c1-15-6-4-5-7-16(15)18(8-11-22-12-9-18)14-21-17(19-2)20-10-13-23-3/h4-7H,8-14H2,1-3H3,(H2,19,20,21). The zero-order chi connectivity index (χ0) is 16.5. The number of aryl methyl sites for hydroxylation is 1. The number of nitrogens with one attached hydrogen (secondary N) is 2. The van der Waals surface area contributed by atoms with Gasteiger partial charge in [0, 0.05) is 44.5 Å². The van der Waals surface area contributed by atoms with Gasteiger partial charge < -0.3 is 15.4 Å². The number of nitrogens with zero attached hydrogens (tertiary/aromatic N) is 1. The summed E-state index contributed by atoms with van der Waals surface area (Å²) in [6.07, 6.45) is 4.21. The van der Waals surface area contributed by atoms with E-state index in [4.69, 9.17) is 4.74 Å². The zero-order valence-corrected chi connectivity index (χ0v) is 15.3. The average Bonchev–Trinajstić information content (AvgIpc) is 2.59. The van der Waals surface area contributed by atoms with E-state index in [1.165, 1.54) is 11.1 Å². The highest BCUT2D eigenvalue weighted by atomic mass is 32.2. The first kappa shape index (κ1) is 18.1. The van der Waals surface area contributed by atoms with Gasteiger partial charge in [-0.15, -0.1) is 0 Å². The van der Waals surface area contributed by atoms with E-state index in [2.05, 4.69) is 53.1 Å². The van der Waals surface area contributed by atoms with E-state index in [0.29, 0.717) is 0 Å². The third-order valence-electron chi connectivity index (χ3n) is 4.58. The van der Waals surface area contributed by atoms with Crippen molar-refractivity contribution in [3.63, 3.8) is 0 Å². The molecule has 2 N–H and O–H groups in total. The van der Waals surface area contributed by atoms with Crippen molar-refractivity contribution in [1.29, 1.82) is 0 Å². The van der Waals surface area contributed by atoms with E-state index in [0.717, 1.165) is 50.9 Å². The van der Waals surface area contributed by atoms with Gasteiger partial charge in [-0.05, 0) is 37.1 Å². The fourth-order valence-corrected chi connectivity index (χ4v) is 3.52. The highest BCUT2D eigenvalue weighted by Gasteiger charge is 2.35. The summed E-state index contributed by atoms with van der Waals surface area (Å²) in [6.45, 7) is 5.68. The van der Waals surface area contributed by atoms with Gasteiger partial charge in [-0.1, -0.05) is 24.3 Å². The van der Waals surface area contributed by atoms with Gasteiger partial charge in [0.2, 0.25) is 0 Å². The van der Waals surface area contributed by atoms with E-state index in [1.807, 2.05) is 18.8 Å². The molecule has 1 aliphatic heterocycles. The molecule has 1 aliphatic rings. The summed E-state index contributed by atoms with van der Waals surface area (Å²) >= 11 is 1.84. The Kier molecular flexibility index (Phi) is 7.24. The maximum atomic E-state index is 5.62. The van der Waals surface area contributed by atoms with Crippen LogP contribution < -0.4 is 10.6 Å². The van der Waals surface area contributed by atoms with Gasteiger partial charge in [0.25, 0.3) is 0 Å². The first-order valence-corrected chi connectivity index (χ1v) is 9.68. The molecule has 0 unspecified atom stereocenters. The summed E-state index contributed by atoms with van der Waals surface area (Å²) in [6, 6.07) is 8.73. The van der Waals surface area contributed by atoms with Crippen molar-refractivity contribution in [2.24, 2.45) is 4.99 Å². The number of ether oxygens (including phenoxy) is 1. The number of aliphatic imine (C=N–C) groups is 1. The van der Waals surface area contributed by atoms with Crippen LogP contribution in [0.3, 0.4) is 0 Å². The Hall–Kier alpha value is -1.20. The van der Waals surface area contributed by atoms with Crippen LogP contribution in [0.4, 0.5) is 0 Å². The summed E-state index contributed by atoms with van der Waals surface area (Å²) < 4.78 is 5.62. The smallest absolute Gasteiger partial charge is 0.191 e. The van der Waals surface area contributed by atoms with Crippen LogP contribution in [-0.2, 0) is 10.2 Å². The Bertz CT molecular complexity index is 513. The minimum Gasteiger partial charge on any atom is -0.381 e. The summed E-state index contributed by atoms with van der Waals surface area (Å²) in [4.78, 5) is 4.35. The molecular formula is C18H29N3OS. The molecule has 128 valence electrons. The van der Waals surface area contributed by atoms with Gasteiger partial charge >= 0.3 is 0 Å². The predicted octanol–water partition coefficient (Wildman–Crippen LogP) is 2.57. The van der Waals surface area contributed by atoms with Crippen LogP contribution in [0, 0.1) is 6.92 Å². The van der Waals surface area contributed by atoms with E-state index >= 15 is 0 Å². The van der Waals surface area contributed by atoms with Gasteiger partial charge in [0.1, 0.15) is 0 Å². The Labute approximate surface area is 144 Å². The Morgan fingerprint density at radius 3 is 2.65 bits per heavy atom. The second kappa shape index (κ2) is 9.18. The molecule has 0 aliphatic carbocycles. The lowest BCUT2D eigenvalue weighted by Crippen LogP contribution is -2.48. The molecule has 1 aromatic carbocycles. The third kappa shape index (κ3) is 4.88. The highest BCUT2D eigenvalue weighted by Crippen LogP contribution is 2.36. The van der Waals surface area contributed by atoms with Crippen LogP contribution in [-0.4, -0.2) is 51.3 Å². The van der Waals surface area contributed by atoms with E-state index in [-0.39, 0.29) is 5.41 Å². The van der Waals surface area contributed by atoms with E-state index in [9.17, 15) is 0 Å². The zero-order valence-electron chi connectivity index (χ0n) is 14.5. The molecule has 0 saturated carbocycles. The topological polar surface area (TPSA) is 45.7 Å². The van der Waals surface area contributed by atoms with Gasteiger partial charge in [0.15, 0.2) is 5.96 Å². The molecule has 0 bridgehead atoms. The third-order valence-corrected chi connectivity index (χ3v) is 5.20. The first-order chi connectivity index (χ1) is 11.2. The molecule has 0 atom stereocenters. The van der Waals surface area contributed by atoms with Crippen LogP contribution in [0.1, 0.15) is 24.0 Å². The number of benzene rings is 1. The summed E-state index contributed by atoms with van der Waals surface area (Å²) in [5, 5.41) is 6.92. The summed E-state index contributed by atoms with van der Waals surface area (Å²) in [7, 11) is 1.83. The van der Waals surface area contributed by atoms with Crippen LogP contribution in [0.15, 0.2) is 29.3 Å². The monoisotopic (exact) mass is 335 g/mol. The minimum atomic E-state index is 0.126. The normalized spacial score (nSPS) is 17.8. The molecule has 1 aromatic rings. The van der Waals surface area contributed by atoms with Crippen molar-refractivity contribution in [3.8, 4) is 0 Å². The molecular weight excluding hydrogens is 306 g/mol. The molecule has 2 rings (SSSR count). The average molecular weight is 336 g/mol. The van der Waals surface area contributed by atoms with E-state index < -0.39 is 0 Å². The quantitative estimate of drug-likeness (QED) is 0.476. The lowest BCUT2D eigenvalue weighted by Gasteiger charge is -2.39. The molecule has 0 radical (unpaired) electrons. The van der Waals surface area contributed by atoms with Gasteiger partial charge in [-0.25, -0.2) is 0 Å². The summed E-state index contributed by atoms with van der Waals surface area (Å²) in [5.74, 6) is 1.97. The molecule has 1 heterocycles. The van der Waals surface area contributed by atoms with Crippen LogP contribution >= 0.6 is 11.8 Å². The van der Waals surface area contributed by atoms with Crippen molar-refractivity contribution in [2.75, 3.05) is 45.4 Å². The van der Waals surface area contributed by atoms with Crippen molar-refractivity contribution in [1.82, 2.24) is 10.6 Å². The predicted molar refractivity (Wildman–Crippen MR) is 101 cm³/mol. The van der Waals surface area contributed by atoms with Gasteiger partial charge in [-0.2, -0.15) is 11.8 Å². The van der Waals surface area contributed by atoms with Crippen LogP contribution in [0.25, 0.3) is 0 Å². The molecule has 5 heteroatoms. The summed E-state index contributed by atoms with van der Waals surface area (Å²) in [5.41, 5.74) is 2.93. The SMILES string of the molecule is CN=C(NCCSC)NCC1(c2ccccc2C)CCOCC1. The molecule has 1 fully saturated rings. The molecule has 1 saturated heterocycles. The van der Waals surface area contributed by atoms with Crippen LogP contribution in [0.5, 0.6) is 0 Å². The van der Waals surface area contributed by atoms with E-state index in [1.54, 1.807) is 0 Å². The maximum absolute atomic E-state index is 5.62. The molecule has 4 nitrogen and oxygen atoms in total. The van der Waals surface area contributed by atoms with Gasteiger partial charge in [-0.3, -0.25) is 4.99 Å². The second-order valence-corrected chi connectivity index (χ2v) is 7.04. The highest BCUT2D eigenvalue weighted by molar-refractivity contribution is 7.98. The fourth-order valence-electron chi connectivity index (χ4n) is 3.22. The number of guanidine groups is 1. The molecule has 23 heavy (non-hydrogen) atoms. The second-order valence-electron chi connectivity index (χ2n) is 6.05. The lowest BCUT2D eigenvalue weighted by molar-refractivity contribution is 0.0512. The van der Waals surface area contributed by atoms with Crippen molar-refractivity contribution in [2.45, 2.75) is 25.2 Å². The van der Waals surface area contributed by atoms with Crippen molar-refractivity contribution in [3.05, 3.63) is 35.4 Å². The number of thioether (sulfide) groups is 1. The molecule has 0 spiro atoms. The molecule has 0 aromatic heterocycles.